The van der Waals surface area contributed by atoms with Crippen molar-refractivity contribution < 1.29 is 52.7 Å². The second-order valence-electron chi connectivity index (χ2n) is 11.3. The summed E-state index contributed by atoms with van der Waals surface area (Å²) in [5, 5.41) is 10.5. The average Bonchev–Trinajstić information content (AvgIpc) is 2.94. The molecule has 1 fully saturated rings. The van der Waals surface area contributed by atoms with E-state index in [1.807, 2.05) is 6.08 Å². The molecule has 1 heterocycles. The van der Waals surface area contributed by atoms with Crippen LogP contribution < -0.4 is 5.73 Å². The summed E-state index contributed by atoms with van der Waals surface area (Å²) >= 11 is 0. The first-order valence-electron chi connectivity index (χ1n) is 16.0. The minimum Gasteiger partial charge on any atom is -0.463 e. The number of rotatable bonds is 22. The van der Waals surface area contributed by atoms with Gasteiger partial charge in [0.1, 0.15) is 12.7 Å². The molecule has 254 valence electrons. The molecule has 0 saturated carbocycles. The summed E-state index contributed by atoms with van der Waals surface area (Å²) in [6, 6.07) is -0.865. The Morgan fingerprint density at radius 3 is 1.77 bits per heavy atom. The van der Waals surface area contributed by atoms with Gasteiger partial charge in [0, 0.05) is 27.7 Å². The van der Waals surface area contributed by atoms with Crippen LogP contribution in [0.5, 0.6) is 0 Å². The van der Waals surface area contributed by atoms with Gasteiger partial charge in [-0.15, -0.1) is 0 Å². The molecule has 0 bridgehead atoms. The molecule has 1 rings (SSSR count). The van der Waals surface area contributed by atoms with Gasteiger partial charge in [0.05, 0.1) is 18.8 Å². The fraction of sp³-hybridized carbons (Fsp3) is 0.812. The minimum atomic E-state index is -1.35. The molecule has 0 spiro atoms. The van der Waals surface area contributed by atoms with Gasteiger partial charge in [0.15, 0.2) is 24.6 Å². The Balaban J connectivity index is 2.68. The van der Waals surface area contributed by atoms with Crippen molar-refractivity contribution in [1.29, 1.82) is 0 Å². The van der Waals surface area contributed by atoms with Gasteiger partial charge in [-0.2, -0.15) is 0 Å². The molecule has 44 heavy (non-hydrogen) atoms. The Kier molecular flexibility index (Phi) is 20.5. The number of hydrogen-bond acceptors (Lipinski definition) is 12. The van der Waals surface area contributed by atoms with Crippen LogP contribution >= 0.6 is 0 Å². The van der Waals surface area contributed by atoms with Crippen LogP contribution in [0.25, 0.3) is 0 Å². The van der Waals surface area contributed by atoms with Crippen LogP contribution in [-0.2, 0) is 47.6 Å². The summed E-state index contributed by atoms with van der Waals surface area (Å²) in [7, 11) is 0. The van der Waals surface area contributed by atoms with Gasteiger partial charge in [0.25, 0.3) is 0 Å². The molecule has 1 aliphatic rings. The first-order valence-corrected chi connectivity index (χ1v) is 16.0. The fourth-order valence-corrected chi connectivity index (χ4v) is 4.93. The Morgan fingerprint density at radius 1 is 0.750 bits per heavy atom. The van der Waals surface area contributed by atoms with Gasteiger partial charge in [-0.05, 0) is 12.8 Å². The van der Waals surface area contributed by atoms with E-state index in [9.17, 15) is 24.3 Å². The lowest BCUT2D eigenvalue weighted by Crippen LogP contribution is -2.63. The number of ether oxygens (including phenoxy) is 6. The van der Waals surface area contributed by atoms with Crippen molar-refractivity contribution in [3.05, 3.63) is 12.2 Å². The van der Waals surface area contributed by atoms with Gasteiger partial charge in [-0.3, -0.25) is 19.2 Å². The van der Waals surface area contributed by atoms with Crippen molar-refractivity contribution in [2.45, 2.75) is 155 Å². The highest BCUT2D eigenvalue weighted by molar-refractivity contribution is 5.68. The third-order valence-corrected chi connectivity index (χ3v) is 7.15. The Bertz CT molecular complexity index is 880. The van der Waals surface area contributed by atoms with Crippen molar-refractivity contribution in [2.24, 2.45) is 5.73 Å². The summed E-state index contributed by atoms with van der Waals surface area (Å²) < 4.78 is 32.8. The standard InChI is InChI=1S/C32H55NO11/c1-6-7-8-9-10-11-12-13-14-15-16-17-18-19-27(38)26(33)20-40-32-31(43-25(5)37)30(42-24(4)36)29(41-23(3)35)28(44-32)21-39-22(2)34/h18-19,26-32,38H,6-17,20-21,33H2,1-5H3/b19-18+/t26-,27+,28+,29-,30-,31+,32+/m0/s1. The third-order valence-electron chi connectivity index (χ3n) is 7.15. The maximum atomic E-state index is 11.9. The zero-order valence-electron chi connectivity index (χ0n) is 27.2. The van der Waals surface area contributed by atoms with Gasteiger partial charge in [0.2, 0.25) is 0 Å². The lowest BCUT2D eigenvalue weighted by atomic mass is 9.98. The van der Waals surface area contributed by atoms with Crippen molar-refractivity contribution in [2.75, 3.05) is 13.2 Å². The molecule has 0 amide bonds. The number of aliphatic hydroxyl groups excluding tert-OH is 1. The number of aliphatic hydroxyl groups is 1. The molecule has 7 atom stereocenters. The van der Waals surface area contributed by atoms with Crippen LogP contribution in [0.15, 0.2) is 12.2 Å². The molecule has 12 nitrogen and oxygen atoms in total. The number of carbonyl (C=O) groups excluding carboxylic acids is 4. The van der Waals surface area contributed by atoms with Crippen molar-refractivity contribution in [3.63, 3.8) is 0 Å². The molecule has 0 aromatic carbocycles. The van der Waals surface area contributed by atoms with Crippen LogP contribution in [-0.4, -0.2) is 85.0 Å². The molecule has 3 N–H and O–H groups in total. The smallest absolute Gasteiger partial charge is 0.303 e. The van der Waals surface area contributed by atoms with E-state index in [4.69, 9.17) is 34.2 Å². The average molecular weight is 630 g/mol. The Hall–Kier alpha value is -2.54. The number of carbonyl (C=O) groups is 4. The quantitative estimate of drug-likeness (QED) is 0.0764. The van der Waals surface area contributed by atoms with E-state index in [-0.39, 0.29) is 13.2 Å². The predicted octanol–water partition coefficient (Wildman–Crippen LogP) is 4.03. The highest BCUT2D eigenvalue weighted by Crippen LogP contribution is 2.30. The van der Waals surface area contributed by atoms with Crippen LogP contribution in [0.2, 0.25) is 0 Å². The zero-order valence-corrected chi connectivity index (χ0v) is 27.2. The molecular formula is C32H55NO11. The zero-order chi connectivity index (χ0) is 32.9. The van der Waals surface area contributed by atoms with Crippen LogP contribution in [0.1, 0.15) is 112 Å². The summed E-state index contributed by atoms with van der Waals surface area (Å²) in [5.74, 6) is -2.83. The van der Waals surface area contributed by atoms with E-state index >= 15 is 0 Å². The number of nitrogens with two attached hydrogens (primary N) is 1. The van der Waals surface area contributed by atoms with Crippen LogP contribution in [0.3, 0.4) is 0 Å². The number of allylic oxidation sites excluding steroid dienone is 1. The Labute approximate surface area is 262 Å². The van der Waals surface area contributed by atoms with E-state index in [2.05, 4.69) is 6.92 Å². The fourth-order valence-electron chi connectivity index (χ4n) is 4.93. The van der Waals surface area contributed by atoms with E-state index in [0.29, 0.717) is 0 Å². The van der Waals surface area contributed by atoms with E-state index < -0.39 is 66.7 Å². The highest BCUT2D eigenvalue weighted by atomic mass is 16.7. The van der Waals surface area contributed by atoms with Crippen molar-refractivity contribution in [3.8, 4) is 0 Å². The Morgan fingerprint density at radius 2 is 1.25 bits per heavy atom. The molecule has 0 radical (unpaired) electrons. The highest BCUT2D eigenvalue weighted by Gasteiger charge is 2.52. The van der Waals surface area contributed by atoms with Gasteiger partial charge in [-0.25, -0.2) is 0 Å². The van der Waals surface area contributed by atoms with Gasteiger partial charge in [-0.1, -0.05) is 83.3 Å². The normalized spacial score (nSPS) is 23.1. The molecule has 0 aromatic rings. The summed E-state index contributed by atoms with van der Waals surface area (Å²) in [6.07, 6.45) is 10.7. The summed E-state index contributed by atoms with van der Waals surface area (Å²) in [4.78, 5) is 47.2. The predicted molar refractivity (Wildman–Crippen MR) is 162 cm³/mol. The molecular weight excluding hydrogens is 574 g/mol. The van der Waals surface area contributed by atoms with E-state index in [1.54, 1.807) is 6.08 Å². The van der Waals surface area contributed by atoms with E-state index in [1.165, 1.54) is 64.7 Å². The van der Waals surface area contributed by atoms with Gasteiger partial charge < -0.3 is 39.3 Å². The maximum Gasteiger partial charge on any atom is 0.303 e. The molecule has 1 aliphatic heterocycles. The first-order chi connectivity index (χ1) is 21.0. The summed E-state index contributed by atoms with van der Waals surface area (Å²) in [6.45, 7) is 6.25. The number of esters is 4. The molecule has 0 unspecified atom stereocenters. The lowest BCUT2D eigenvalue weighted by Gasteiger charge is -2.44. The van der Waals surface area contributed by atoms with Crippen molar-refractivity contribution >= 4 is 23.9 Å². The summed E-state index contributed by atoms with van der Waals surface area (Å²) in [5.41, 5.74) is 6.16. The van der Waals surface area contributed by atoms with E-state index in [0.717, 1.165) is 40.0 Å². The molecule has 12 heteroatoms. The number of hydrogen-bond donors (Lipinski definition) is 2. The second-order valence-corrected chi connectivity index (χ2v) is 11.3. The minimum absolute atomic E-state index is 0.225. The molecule has 0 aromatic heterocycles. The SMILES string of the molecule is CCCCCCCCCCCCC/C=C/[C@@H](O)[C@@H](N)CO[C@@H]1O[C@H](COC(C)=O)[C@H](OC(C)=O)[C@H](OC(C)=O)[C@H]1OC(C)=O. The number of unbranched alkanes of at least 4 members (excludes halogenated alkanes) is 11. The van der Waals surface area contributed by atoms with Crippen LogP contribution in [0, 0.1) is 0 Å². The molecule has 1 saturated heterocycles. The van der Waals surface area contributed by atoms with Crippen molar-refractivity contribution in [1.82, 2.24) is 0 Å². The largest absolute Gasteiger partial charge is 0.463 e. The maximum absolute atomic E-state index is 11.9. The second kappa shape index (κ2) is 22.9. The first kappa shape index (κ1) is 39.5. The topological polar surface area (TPSA) is 170 Å². The van der Waals surface area contributed by atoms with Gasteiger partial charge >= 0.3 is 23.9 Å². The molecule has 0 aliphatic carbocycles. The van der Waals surface area contributed by atoms with Crippen LogP contribution in [0.4, 0.5) is 0 Å². The monoisotopic (exact) mass is 629 g/mol. The lowest BCUT2D eigenvalue weighted by molar-refractivity contribution is -0.309. The third kappa shape index (κ3) is 17.1.